The summed E-state index contributed by atoms with van der Waals surface area (Å²) in [5.41, 5.74) is 5.35. The Labute approximate surface area is 143 Å². The molecule has 0 aromatic heterocycles. The molecule has 24 heavy (non-hydrogen) atoms. The average molecular weight is 369 g/mol. The van der Waals surface area contributed by atoms with Crippen LogP contribution in [-0.4, -0.2) is 105 Å². The number of carboxylic acid groups (broad SMARTS) is 1. The van der Waals surface area contributed by atoms with Crippen LogP contribution in [0, 0.1) is 0 Å². The highest BCUT2D eigenvalue weighted by Crippen LogP contribution is 2.08. The molecule has 11 nitrogen and oxygen atoms in total. The van der Waals surface area contributed by atoms with Gasteiger partial charge in [0.05, 0.1) is 32.0 Å². The number of nitrogens with zero attached hydrogens (tertiary/aromatic N) is 1. The van der Waals surface area contributed by atoms with E-state index in [1.165, 1.54) is 0 Å². The number of thiol groups is 1. The lowest BCUT2D eigenvalue weighted by Gasteiger charge is -2.31. The molecule has 0 spiro atoms. The van der Waals surface area contributed by atoms with Crippen LogP contribution in [0.3, 0.4) is 0 Å². The monoisotopic (exact) mass is 369 g/mol. The Balaban J connectivity index is 5.47. The highest BCUT2D eigenvalue weighted by Gasteiger charge is 2.39. The zero-order valence-electron chi connectivity index (χ0n) is 12.8. The fourth-order valence-corrected chi connectivity index (χ4v) is 1.97. The molecule has 12 heteroatoms. The van der Waals surface area contributed by atoms with E-state index < -0.39 is 61.8 Å². The van der Waals surface area contributed by atoms with Gasteiger partial charge in [-0.1, -0.05) is 0 Å². The molecule has 4 atom stereocenters. The minimum atomic E-state index is -1.89. The van der Waals surface area contributed by atoms with E-state index in [1.807, 2.05) is 0 Å². The van der Waals surface area contributed by atoms with Crippen LogP contribution >= 0.6 is 12.6 Å². The standard InChI is InChI=1S/C12H23N3O8S/c13-7(3-17)10(20)15(9(4-18)12(22)23)11(21)8(5-24)14-1-6(19)2-16/h6-9,14,16-19,24H,1-5,13H2,(H,22,23). The molecule has 2 amide bonds. The number of nitrogens with two attached hydrogens (primary N) is 1. The topological polar surface area (TPSA) is 194 Å². The number of hydrogen-bond donors (Lipinski definition) is 8. The first-order chi connectivity index (χ1) is 11.2. The van der Waals surface area contributed by atoms with Gasteiger partial charge in [0.15, 0.2) is 6.04 Å². The van der Waals surface area contributed by atoms with Crippen LogP contribution in [0.15, 0.2) is 0 Å². The maximum absolute atomic E-state index is 12.5. The van der Waals surface area contributed by atoms with Gasteiger partial charge in [0.1, 0.15) is 6.04 Å². The summed E-state index contributed by atoms with van der Waals surface area (Å²) in [4.78, 5) is 36.1. The molecule has 0 bridgehead atoms. The molecule has 0 saturated heterocycles. The van der Waals surface area contributed by atoms with Gasteiger partial charge >= 0.3 is 5.97 Å². The van der Waals surface area contributed by atoms with Crippen LogP contribution in [0.4, 0.5) is 0 Å². The van der Waals surface area contributed by atoms with Crippen molar-refractivity contribution in [3.63, 3.8) is 0 Å². The average Bonchev–Trinajstić information content (AvgIpc) is 2.57. The van der Waals surface area contributed by atoms with Crippen molar-refractivity contribution in [2.24, 2.45) is 5.73 Å². The molecular weight excluding hydrogens is 346 g/mol. The molecule has 0 fully saturated rings. The van der Waals surface area contributed by atoms with Crippen molar-refractivity contribution >= 4 is 30.4 Å². The molecule has 0 heterocycles. The number of hydrogen-bond acceptors (Lipinski definition) is 10. The maximum atomic E-state index is 12.5. The van der Waals surface area contributed by atoms with Gasteiger partial charge < -0.3 is 36.6 Å². The van der Waals surface area contributed by atoms with E-state index in [4.69, 9.17) is 21.1 Å². The van der Waals surface area contributed by atoms with E-state index in [0.717, 1.165) is 0 Å². The number of amides is 2. The molecule has 4 unspecified atom stereocenters. The lowest BCUT2D eigenvalue weighted by molar-refractivity contribution is -0.161. The zero-order chi connectivity index (χ0) is 18.9. The summed E-state index contributed by atoms with van der Waals surface area (Å²) in [6.07, 6.45) is -1.18. The fraction of sp³-hybridized carbons (Fsp3) is 0.750. The summed E-state index contributed by atoms with van der Waals surface area (Å²) in [7, 11) is 0. The second kappa shape index (κ2) is 11.3. The van der Waals surface area contributed by atoms with E-state index in [9.17, 15) is 24.6 Å². The minimum Gasteiger partial charge on any atom is -0.480 e. The number of rotatable bonds is 11. The van der Waals surface area contributed by atoms with Crippen LogP contribution < -0.4 is 11.1 Å². The summed E-state index contributed by atoms with van der Waals surface area (Å²) in [6.45, 7) is -2.68. The van der Waals surface area contributed by atoms with E-state index in [-0.39, 0.29) is 17.2 Å². The molecule has 0 aliphatic rings. The fourth-order valence-electron chi connectivity index (χ4n) is 1.68. The summed E-state index contributed by atoms with van der Waals surface area (Å²) in [5.74, 6) is -4.05. The third-order valence-electron chi connectivity index (χ3n) is 3.05. The number of aliphatic hydroxyl groups is 4. The normalized spacial score (nSPS) is 16.1. The number of carbonyl (C=O) groups is 3. The van der Waals surface area contributed by atoms with Gasteiger partial charge in [-0.2, -0.15) is 12.6 Å². The second-order valence-electron chi connectivity index (χ2n) is 4.85. The van der Waals surface area contributed by atoms with Gasteiger partial charge in [-0.25, -0.2) is 4.79 Å². The van der Waals surface area contributed by atoms with Gasteiger partial charge in [-0.15, -0.1) is 0 Å². The number of aliphatic carboxylic acids is 1. The van der Waals surface area contributed by atoms with Crippen molar-refractivity contribution in [3.8, 4) is 0 Å². The van der Waals surface area contributed by atoms with Crippen LogP contribution in [0.2, 0.25) is 0 Å². The minimum absolute atomic E-state index is 0.174. The Morgan fingerprint density at radius 1 is 1.08 bits per heavy atom. The first-order valence-corrected chi connectivity index (χ1v) is 7.58. The summed E-state index contributed by atoms with van der Waals surface area (Å²) in [5, 5.41) is 47.8. The number of imide groups is 1. The summed E-state index contributed by atoms with van der Waals surface area (Å²) in [6, 6.07) is -4.64. The SMILES string of the molecule is NC(CO)C(=O)N(C(=O)C(CS)NCC(O)CO)C(CO)C(=O)O. The molecule has 0 radical (unpaired) electrons. The van der Waals surface area contributed by atoms with Crippen molar-refractivity contribution in [3.05, 3.63) is 0 Å². The highest BCUT2D eigenvalue weighted by molar-refractivity contribution is 7.80. The van der Waals surface area contributed by atoms with E-state index in [0.29, 0.717) is 0 Å². The third kappa shape index (κ3) is 6.32. The Morgan fingerprint density at radius 3 is 2.04 bits per heavy atom. The van der Waals surface area contributed by atoms with Gasteiger partial charge in [-0.05, 0) is 0 Å². The van der Waals surface area contributed by atoms with Crippen molar-refractivity contribution in [1.29, 1.82) is 0 Å². The maximum Gasteiger partial charge on any atom is 0.329 e. The Kier molecular flexibility index (Phi) is 10.7. The third-order valence-corrected chi connectivity index (χ3v) is 3.41. The van der Waals surface area contributed by atoms with E-state index in [2.05, 4.69) is 17.9 Å². The van der Waals surface area contributed by atoms with E-state index in [1.54, 1.807) is 0 Å². The first-order valence-electron chi connectivity index (χ1n) is 6.95. The number of carbonyl (C=O) groups excluding carboxylic acids is 2. The van der Waals surface area contributed by atoms with Crippen molar-refractivity contribution < 1.29 is 39.9 Å². The van der Waals surface area contributed by atoms with Crippen molar-refractivity contribution in [1.82, 2.24) is 10.2 Å². The predicted molar refractivity (Wildman–Crippen MR) is 84.2 cm³/mol. The lowest BCUT2D eigenvalue weighted by atomic mass is 10.1. The predicted octanol–water partition coefficient (Wildman–Crippen LogP) is -4.65. The molecule has 140 valence electrons. The van der Waals surface area contributed by atoms with E-state index >= 15 is 0 Å². The Morgan fingerprint density at radius 2 is 1.67 bits per heavy atom. The number of aliphatic hydroxyl groups excluding tert-OH is 4. The Hall–Kier alpha value is -1.28. The van der Waals surface area contributed by atoms with Gasteiger partial charge in [0, 0.05) is 12.3 Å². The van der Waals surface area contributed by atoms with Gasteiger partial charge in [0.25, 0.3) is 0 Å². The molecular formula is C12H23N3O8S. The van der Waals surface area contributed by atoms with Crippen LogP contribution in [0.5, 0.6) is 0 Å². The van der Waals surface area contributed by atoms with Crippen LogP contribution in [0.1, 0.15) is 0 Å². The van der Waals surface area contributed by atoms with Crippen LogP contribution in [-0.2, 0) is 14.4 Å². The second-order valence-corrected chi connectivity index (χ2v) is 5.22. The first kappa shape index (κ1) is 22.7. The Bertz CT molecular complexity index is 439. The molecule has 0 aromatic carbocycles. The quantitative estimate of drug-likeness (QED) is 0.164. The van der Waals surface area contributed by atoms with Crippen LogP contribution in [0.25, 0.3) is 0 Å². The summed E-state index contributed by atoms with van der Waals surface area (Å²) < 4.78 is 0. The molecule has 0 aliphatic heterocycles. The smallest absolute Gasteiger partial charge is 0.329 e. The number of nitrogens with one attached hydrogen (secondary N) is 1. The van der Waals surface area contributed by atoms with Crippen molar-refractivity contribution in [2.75, 3.05) is 32.1 Å². The lowest BCUT2D eigenvalue weighted by Crippen LogP contribution is -2.61. The molecule has 0 aliphatic carbocycles. The highest BCUT2D eigenvalue weighted by atomic mass is 32.1. The van der Waals surface area contributed by atoms with Gasteiger partial charge in [-0.3, -0.25) is 14.5 Å². The molecule has 0 rings (SSSR count). The van der Waals surface area contributed by atoms with Gasteiger partial charge in [0.2, 0.25) is 11.8 Å². The summed E-state index contributed by atoms with van der Waals surface area (Å²) >= 11 is 3.92. The molecule has 8 N–H and O–H groups in total. The largest absolute Gasteiger partial charge is 0.480 e. The zero-order valence-corrected chi connectivity index (χ0v) is 13.7. The molecule has 0 saturated carbocycles. The molecule has 0 aromatic rings. The van der Waals surface area contributed by atoms with Crippen molar-refractivity contribution in [2.45, 2.75) is 24.2 Å². The number of carboxylic acids is 1.